The molecule has 2 aromatic carbocycles. The van der Waals surface area contributed by atoms with Crippen molar-refractivity contribution >= 4 is 25.7 Å². The number of sulfonamides is 2. The van der Waals surface area contributed by atoms with Gasteiger partial charge in [0, 0.05) is 14.1 Å². The zero-order chi connectivity index (χ0) is 17.3. The van der Waals surface area contributed by atoms with Gasteiger partial charge in [-0.1, -0.05) is 18.2 Å². The molecule has 2 aromatic rings. The lowest BCUT2D eigenvalue weighted by Crippen LogP contribution is -2.22. The molecule has 0 unspecified atom stereocenters. The Bertz CT molecular complexity index is 925. The summed E-state index contributed by atoms with van der Waals surface area (Å²) in [6, 6.07) is 10.2. The van der Waals surface area contributed by atoms with E-state index in [4.69, 9.17) is 0 Å². The molecule has 6 nitrogen and oxygen atoms in total. The minimum Gasteiger partial charge on any atom is -0.280 e. The molecule has 0 aromatic heterocycles. The lowest BCUT2D eigenvalue weighted by molar-refractivity contribution is 0.520. The highest BCUT2D eigenvalue weighted by atomic mass is 32.2. The summed E-state index contributed by atoms with van der Waals surface area (Å²) >= 11 is 0. The molecular formula is C14H15FN2O4S2. The molecule has 0 saturated carbocycles. The van der Waals surface area contributed by atoms with Gasteiger partial charge in [0.15, 0.2) is 0 Å². The summed E-state index contributed by atoms with van der Waals surface area (Å²) < 4.78 is 65.4. The van der Waals surface area contributed by atoms with Crippen LogP contribution in [0.2, 0.25) is 0 Å². The number of halogens is 1. The highest BCUT2D eigenvalue weighted by Gasteiger charge is 2.21. The molecule has 2 rings (SSSR count). The number of anilines is 1. The maximum Gasteiger partial charge on any atom is 0.264 e. The zero-order valence-corrected chi connectivity index (χ0v) is 14.0. The Labute approximate surface area is 134 Å². The van der Waals surface area contributed by atoms with Gasteiger partial charge in [-0.05, 0) is 30.3 Å². The van der Waals surface area contributed by atoms with Gasteiger partial charge < -0.3 is 0 Å². The van der Waals surface area contributed by atoms with Crippen LogP contribution in [0.5, 0.6) is 0 Å². The van der Waals surface area contributed by atoms with Crippen LogP contribution < -0.4 is 4.72 Å². The van der Waals surface area contributed by atoms with Crippen molar-refractivity contribution in [1.29, 1.82) is 0 Å². The zero-order valence-electron chi connectivity index (χ0n) is 12.4. The predicted molar refractivity (Wildman–Crippen MR) is 84.5 cm³/mol. The maximum atomic E-state index is 13.6. The third-order valence-electron chi connectivity index (χ3n) is 2.99. The van der Waals surface area contributed by atoms with E-state index in [1.807, 2.05) is 0 Å². The van der Waals surface area contributed by atoms with Gasteiger partial charge in [0.1, 0.15) is 10.7 Å². The molecule has 0 aliphatic rings. The number of nitrogens with one attached hydrogen (secondary N) is 1. The SMILES string of the molecule is CN(C)S(=O)(=O)c1cccc(NS(=O)(=O)c2ccccc2F)c1. The van der Waals surface area contributed by atoms with Crippen molar-refractivity contribution in [2.75, 3.05) is 18.8 Å². The fourth-order valence-electron chi connectivity index (χ4n) is 1.80. The van der Waals surface area contributed by atoms with E-state index in [-0.39, 0.29) is 10.6 Å². The van der Waals surface area contributed by atoms with Crippen LogP contribution in [0.4, 0.5) is 10.1 Å². The molecule has 0 radical (unpaired) electrons. The molecular weight excluding hydrogens is 343 g/mol. The highest BCUT2D eigenvalue weighted by molar-refractivity contribution is 7.92. The fourth-order valence-corrected chi connectivity index (χ4v) is 3.88. The summed E-state index contributed by atoms with van der Waals surface area (Å²) in [5.41, 5.74) is 0.0242. The molecule has 0 aliphatic carbocycles. The van der Waals surface area contributed by atoms with Gasteiger partial charge >= 0.3 is 0 Å². The Hall–Kier alpha value is -1.97. The van der Waals surface area contributed by atoms with E-state index in [0.717, 1.165) is 16.4 Å². The Morgan fingerprint density at radius 3 is 2.22 bits per heavy atom. The molecule has 0 bridgehead atoms. The molecule has 0 aliphatic heterocycles. The summed E-state index contributed by atoms with van der Waals surface area (Å²) in [6.45, 7) is 0. The van der Waals surface area contributed by atoms with E-state index in [2.05, 4.69) is 4.72 Å². The second-order valence-corrected chi connectivity index (χ2v) is 8.65. The average Bonchev–Trinajstić information content (AvgIpc) is 2.47. The monoisotopic (exact) mass is 358 g/mol. The summed E-state index contributed by atoms with van der Waals surface area (Å²) in [5.74, 6) is -0.892. The first-order valence-corrected chi connectivity index (χ1v) is 9.37. The van der Waals surface area contributed by atoms with Crippen molar-refractivity contribution in [3.63, 3.8) is 0 Å². The standard InChI is InChI=1S/C14H15FN2O4S2/c1-17(2)23(20,21)12-7-5-6-11(10-12)16-22(18,19)14-9-4-3-8-13(14)15/h3-10,16H,1-2H3. The van der Waals surface area contributed by atoms with E-state index < -0.39 is 30.8 Å². The number of rotatable bonds is 5. The summed E-state index contributed by atoms with van der Waals surface area (Å²) in [5, 5.41) is 0. The number of hydrogen-bond acceptors (Lipinski definition) is 4. The summed E-state index contributed by atoms with van der Waals surface area (Å²) in [6.07, 6.45) is 0. The molecule has 23 heavy (non-hydrogen) atoms. The van der Waals surface area contributed by atoms with Gasteiger partial charge in [-0.25, -0.2) is 25.5 Å². The lowest BCUT2D eigenvalue weighted by Gasteiger charge is -2.13. The van der Waals surface area contributed by atoms with E-state index in [9.17, 15) is 21.2 Å². The van der Waals surface area contributed by atoms with Crippen LogP contribution in [0, 0.1) is 5.82 Å². The van der Waals surface area contributed by atoms with Gasteiger partial charge in [-0.3, -0.25) is 4.72 Å². The van der Waals surface area contributed by atoms with Crippen LogP contribution >= 0.6 is 0 Å². The van der Waals surface area contributed by atoms with Crippen LogP contribution in [-0.4, -0.2) is 35.2 Å². The minimum atomic E-state index is -4.16. The Balaban J connectivity index is 2.40. The lowest BCUT2D eigenvalue weighted by atomic mass is 10.3. The van der Waals surface area contributed by atoms with E-state index in [1.165, 1.54) is 50.5 Å². The first-order chi connectivity index (χ1) is 10.6. The highest BCUT2D eigenvalue weighted by Crippen LogP contribution is 2.22. The van der Waals surface area contributed by atoms with Crippen molar-refractivity contribution < 1.29 is 21.2 Å². The number of benzene rings is 2. The van der Waals surface area contributed by atoms with Crippen LogP contribution in [0.25, 0.3) is 0 Å². The van der Waals surface area contributed by atoms with Crippen LogP contribution in [0.15, 0.2) is 58.3 Å². The smallest absolute Gasteiger partial charge is 0.264 e. The van der Waals surface area contributed by atoms with Crippen LogP contribution in [0.3, 0.4) is 0 Å². The van der Waals surface area contributed by atoms with Crippen molar-refractivity contribution in [3.8, 4) is 0 Å². The molecule has 9 heteroatoms. The third-order valence-corrected chi connectivity index (χ3v) is 6.22. The van der Waals surface area contributed by atoms with E-state index >= 15 is 0 Å². The first kappa shape index (κ1) is 17.4. The van der Waals surface area contributed by atoms with Gasteiger partial charge in [-0.15, -0.1) is 0 Å². The molecule has 0 atom stereocenters. The van der Waals surface area contributed by atoms with Crippen LogP contribution in [0.1, 0.15) is 0 Å². The number of nitrogens with zero attached hydrogens (tertiary/aromatic N) is 1. The maximum absolute atomic E-state index is 13.6. The third kappa shape index (κ3) is 3.69. The quantitative estimate of drug-likeness (QED) is 0.884. The van der Waals surface area contributed by atoms with Crippen molar-refractivity contribution in [2.45, 2.75) is 9.79 Å². The summed E-state index contributed by atoms with van der Waals surface area (Å²) in [4.78, 5) is -0.586. The molecule has 124 valence electrons. The Morgan fingerprint density at radius 1 is 0.957 bits per heavy atom. The topological polar surface area (TPSA) is 83.6 Å². The average molecular weight is 358 g/mol. The van der Waals surface area contributed by atoms with Gasteiger partial charge in [0.05, 0.1) is 10.6 Å². The minimum absolute atomic E-state index is 0.0242. The molecule has 1 N–H and O–H groups in total. The predicted octanol–water partition coefficient (Wildman–Crippen LogP) is 1.88. The largest absolute Gasteiger partial charge is 0.280 e. The molecule has 0 heterocycles. The molecule has 0 saturated heterocycles. The van der Waals surface area contributed by atoms with Crippen molar-refractivity contribution in [2.24, 2.45) is 0 Å². The number of hydrogen-bond donors (Lipinski definition) is 1. The van der Waals surface area contributed by atoms with Crippen molar-refractivity contribution in [3.05, 3.63) is 54.3 Å². The van der Waals surface area contributed by atoms with Gasteiger partial charge in [0.2, 0.25) is 10.0 Å². The van der Waals surface area contributed by atoms with Gasteiger partial charge in [0.25, 0.3) is 10.0 Å². The summed E-state index contributed by atoms with van der Waals surface area (Å²) in [7, 11) is -5.13. The Morgan fingerprint density at radius 2 is 1.61 bits per heavy atom. The second kappa shape index (κ2) is 6.26. The first-order valence-electron chi connectivity index (χ1n) is 6.44. The van der Waals surface area contributed by atoms with E-state index in [1.54, 1.807) is 0 Å². The molecule has 0 spiro atoms. The van der Waals surface area contributed by atoms with Gasteiger partial charge in [-0.2, -0.15) is 0 Å². The van der Waals surface area contributed by atoms with E-state index in [0.29, 0.717) is 0 Å². The fraction of sp³-hybridized carbons (Fsp3) is 0.143. The molecule has 0 amide bonds. The second-order valence-electron chi connectivity index (χ2n) is 4.85. The van der Waals surface area contributed by atoms with Crippen LogP contribution in [-0.2, 0) is 20.0 Å². The Kier molecular flexibility index (Phi) is 4.73. The molecule has 0 fully saturated rings. The van der Waals surface area contributed by atoms with Crippen molar-refractivity contribution in [1.82, 2.24) is 4.31 Å². The normalized spacial score (nSPS) is 12.3.